The molecule has 0 aliphatic carbocycles. The van der Waals surface area contributed by atoms with Gasteiger partial charge < -0.3 is 25.5 Å². The van der Waals surface area contributed by atoms with Gasteiger partial charge in [0, 0.05) is 28.1 Å². The zero-order valence-electron chi connectivity index (χ0n) is 18.0. The Morgan fingerprint density at radius 3 is 2.97 bits per heavy atom. The van der Waals surface area contributed by atoms with Gasteiger partial charge in [0.2, 0.25) is 11.5 Å². The van der Waals surface area contributed by atoms with E-state index in [0.717, 1.165) is 16.5 Å². The lowest BCUT2D eigenvalue weighted by atomic mass is 9.98. The molecule has 2 aliphatic heterocycles. The fourth-order valence-electron chi connectivity index (χ4n) is 3.95. The molecule has 15 heteroatoms. The third kappa shape index (κ3) is 3.97. The van der Waals surface area contributed by atoms with Crippen molar-refractivity contribution >= 4 is 63.5 Å². The number of carbonyl (C=O) groups is 3. The average Bonchev–Trinajstić information content (AvgIpc) is 3.49. The Balaban J connectivity index is 1.38. The number of pyridine rings is 1. The molecular formula is C20H17N7O6S2. The van der Waals surface area contributed by atoms with E-state index in [9.17, 15) is 19.5 Å². The number of nitrogen functional groups attached to an aromatic ring is 1. The van der Waals surface area contributed by atoms with Gasteiger partial charge in [0.1, 0.15) is 24.2 Å². The van der Waals surface area contributed by atoms with E-state index in [-0.39, 0.29) is 23.2 Å². The highest BCUT2D eigenvalue weighted by atomic mass is 32.2. The number of carbonyl (C=O) groups excluding carboxylic acids is 2. The molecule has 2 aliphatic rings. The maximum absolute atomic E-state index is 13.0. The van der Waals surface area contributed by atoms with Crippen molar-refractivity contribution in [1.82, 2.24) is 25.3 Å². The van der Waals surface area contributed by atoms with Gasteiger partial charge in [-0.2, -0.15) is 4.98 Å². The van der Waals surface area contributed by atoms with E-state index in [1.165, 1.54) is 35.1 Å². The van der Waals surface area contributed by atoms with Crippen LogP contribution in [0.1, 0.15) is 11.4 Å². The summed E-state index contributed by atoms with van der Waals surface area (Å²) in [7, 11) is 1.22. The first-order chi connectivity index (χ1) is 16.9. The van der Waals surface area contributed by atoms with Crippen LogP contribution in [0.2, 0.25) is 0 Å². The number of hydrogen-bond donors (Lipinski definition) is 3. The van der Waals surface area contributed by atoms with E-state index < -0.39 is 29.2 Å². The van der Waals surface area contributed by atoms with E-state index >= 15 is 0 Å². The zero-order valence-corrected chi connectivity index (χ0v) is 19.6. The van der Waals surface area contributed by atoms with Gasteiger partial charge in [0.05, 0.1) is 5.52 Å². The molecule has 5 heterocycles. The van der Waals surface area contributed by atoms with Crippen LogP contribution < -0.4 is 11.1 Å². The van der Waals surface area contributed by atoms with Crippen LogP contribution in [0.15, 0.2) is 44.0 Å². The van der Waals surface area contributed by atoms with Gasteiger partial charge >= 0.3 is 12.0 Å². The first-order valence-electron chi connectivity index (χ1n) is 10.1. The number of anilines is 1. The molecule has 0 bridgehead atoms. The standard InChI is InChI=1S/C20H17N7O6S2/c1-32-25-12(15-24-20(21)33-26-15)16(28)23-13-17(29)27-14(19(30)31)9(5-35-18(13)27)4-8-2-3-22-11-7-34-6-10(8)11/h2-3,6-7,13,18H,4-5H2,1H3,(H,23,28)(H,30,31)(H2,21,24,26)/t13?,18-/m0/s1. The van der Waals surface area contributed by atoms with Crippen LogP contribution in [0.3, 0.4) is 0 Å². The van der Waals surface area contributed by atoms with E-state index in [1.807, 2.05) is 16.8 Å². The number of fused-ring (bicyclic) bond motifs is 2. The number of nitrogens with zero attached hydrogens (tertiary/aromatic N) is 5. The minimum Gasteiger partial charge on any atom is -0.477 e. The summed E-state index contributed by atoms with van der Waals surface area (Å²) in [5.41, 5.74) is 7.37. The number of carboxylic acids is 1. The largest absolute Gasteiger partial charge is 0.477 e. The number of hydrogen-bond acceptors (Lipinski definition) is 12. The number of nitrogens with one attached hydrogen (secondary N) is 1. The molecule has 2 atom stereocenters. The number of nitrogens with two attached hydrogens (primary N) is 1. The lowest BCUT2D eigenvalue weighted by Gasteiger charge is -2.49. The number of aromatic nitrogens is 3. The highest BCUT2D eigenvalue weighted by Crippen LogP contribution is 2.41. The molecule has 5 rings (SSSR count). The third-order valence-electron chi connectivity index (χ3n) is 5.47. The Morgan fingerprint density at radius 2 is 2.26 bits per heavy atom. The molecule has 1 unspecified atom stereocenters. The third-order valence-corrected chi connectivity index (χ3v) is 7.54. The number of β-lactam (4-membered cyclic amide) rings is 1. The predicted octanol–water partition coefficient (Wildman–Crippen LogP) is 0.593. The molecule has 0 spiro atoms. The molecule has 0 radical (unpaired) electrons. The molecule has 1 saturated heterocycles. The Hall–Kier alpha value is -3.98. The number of carboxylic acid groups (broad SMARTS) is 1. The Labute approximate surface area is 205 Å². The van der Waals surface area contributed by atoms with E-state index in [1.54, 1.807) is 6.20 Å². The van der Waals surface area contributed by atoms with Gasteiger partial charge in [0.25, 0.3) is 11.8 Å². The molecular weight excluding hydrogens is 498 g/mol. The summed E-state index contributed by atoms with van der Waals surface area (Å²) in [6.07, 6.45) is 2.04. The van der Waals surface area contributed by atoms with Crippen molar-refractivity contribution in [2.24, 2.45) is 5.16 Å². The van der Waals surface area contributed by atoms with Gasteiger partial charge in [-0.3, -0.25) is 19.5 Å². The Kier molecular flexibility index (Phi) is 5.86. The topological polar surface area (TPSA) is 186 Å². The Morgan fingerprint density at radius 1 is 1.43 bits per heavy atom. The highest BCUT2D eigenvalue weighted by Gasteiger charge is 2.54. The minimum absolute atomic E-state index is 0.0684. The van der Waals surface area contributed by atoms with E-state index in [4.69, 9.17) is 5.73 Å². The predicted molar refractivity (Wildman–Crippen MR) is 125 cm³/mol. The monoisotopic (exact) mass is 515 g/mol. The summed E-state index contributed by atoms with van der Waals surface area (Å²) in [6, 6.07) is 0.600. The fraction of sp³-hybridized carbons (Fsp3) is 0.250. The molecule has 35 heavy (non-hydrogen) atoms. The minimum atomic E-state index is -1.21. The molecule has 0 saturated carbocycles. The average molecular weight is 516 g/mol. The van der Waals surface area contributed by atoms with Crippen LogP contribution in [0.4, 0.5) is 6.01 Å². The number of thiophene rings is 1. The summed E-state index contributed by atoms with van der Waals surface area (Å²) in [5, 5.41) is 23.9. The van der Waals surface area contributed by atoms with Crippen molar-refractivity contribution in [3.8, 4) is 0 Å². The van der Waals surface area contributed by atoms with Gasteiger partial charge in [-0.1, -0.05) is 10.3 Å². The second kappa shape index (κ2) is 8.99. The van der Waals surface area contributed by atoms with Crippen molar-refractivity contribution in [1.29, 1.82) is 0 Å². The number of aliphatic carboxylic acids is 1. The molecule has 0 aromatic carbocycles. The van der Waals surface area contributed by atoms with Crippen LogP contribution in [0, 0.1) is 0 Å². The lowest BCUT2D eigenvalue weighted by molar-refractivity contribution is -0.150. The molecule has 13 nitrogen and oxygen atoms in total. The zero-order chi connectivity index (χ0) is 24.7. The maximum Gasteiger partial charge on any atom is 0.352 e. The molecule has 3 aromatic rings. The van der Waals surface area contributed by atoms with Gasteiger partial charge in [-0.05, 0) is 23.6 Å². The van der Waals surface area contributed by atoms with Crippen LogP contribution >= 0.6 is 23.1 Å². The van der Waals surface area contributed by atoms with Crippen LogP contribution in [0.5, 0.6) is 0 Å². The van der Waals surface area contributed by atoms with Gasteiger partial charge in [0.15, 0.2) is 0 Å². The van der Waals surface area contributed by atoms with E-state index in [0.29, 0.717) is 17.7 Å². The summed E-state index contributed by atoms with van der Waals surface area (Å²) in [4.78, 5) is 51.9. The number of rotatable bonds is 7. The van der Waals surface area contributed by atoms with E-state index in [2.05, 4.69) is 35.0 Å². The molecule has 3 aromatic heterocycles. The second-order valence-corrected chi connectivity index (χ2v) is 9.36. The number of thioether (sulfide) groups is 1. The van der Waals surface area contributed by atoms with Crippen molar-refractivity contribution in [2.45, 2.75) is 17.8 Å². The van der Waals surface area contributed by atoms with Crippen LogP contribution in [-0.2, 0) is 25.6 Å². The normalized spacial score (nSPS) is 20.0. The molecule has 2 amide bonds. The summed E-state index contributed by atoms with van der Waals surface area (Å²) in [5.74, 6) is -2.40. The summed E-state index contributed by atoms with van der Waals surface area (Å²) >= 11 is 2.88. The number of oxime groups is 1. The second-order valence-electron chi connectivity index (χ2n) is 7.51. The maximum atomic E-state index is 13.0. The van der Waals surface area contributed by atoms with Gasteiger partial charge in [-0.25, -0.2) is 4.79 Å². The molecule has 4 N–H and O–H groups in total. The SMILES string of the molecule is CON=C(C(=O)NC1C(=O)N2C(C(=O)O)=C(Cc3ccnc4cscc34)CS[C@@H]12)c1noc(N)n1. The summed E-state index contributed by atoms with van der Waals surface area (Å²) < 4.78 is 4.66. The van der Waals surface area contributed by atoms with Gasteiger partial charge in [-0.15, -0.1) is 23.1 Å². The van der Waals surface area contributed by atoms with Crippen LogP contribution in [0.25, 0.3) is 10.9 Å². The van der Waals surface area contributed by atoms with Crippen molar-refractivity contribution in [2.75, 3.05) is 18.6 Å². The number of amides is 2. The van der Waals surface area contributed by atoms with Crippen LogP contribution in [-0.4, -0.2) is 72.9 Å². The highest BCUT2D eigenvalue weighted by molar-refractivity contribution is 8.00. The lowest BCUT2D eigenvalue weighted by Crippen LogP contribution is -2.71. The Bertz CT molecular complexity index is 1410. The quantitative estimate of drug-likeness (QED) is 0.227. The first kappa shape index (κ1) is 22.8. The fourth-order valence-corrected chi connectivity index (χ4v) is 6.09. The molecule has 180 valence electrons. The van der Waals surface area contributed by atoms with Crippen molar-refractivity contribution in [3.05, 3.63) is 45.7 Å². The smallest absolute Gasteiger partial charge is 0.352 e. The van der Waals surface area contributed by atoms with Crippen molar-refractivity contribution < 1.29 is 28.9 Å². The first-order valence-corrected chi connectivity index (χ1v) is 12.1. The molecule has 1 fully saturated rings. The van der Waals surface area contributed by atoms with Crippen molar-refractivity contribution in [3.63, 3.8) is 0 Å². The summed E-state index contributed by atoms with van der Waals surface area (Å²) in [6.45, 7) is 0.